The van der Waals surface area contributed by atoms with Gasteiger partial charge in [-0.1, -0.05) is 53.3 Å². The summed E-state index contributed by atoms with van der Waals surface area (Å²) in [5.74, 6) is 1.56. The number of carboxylic acid groups (broad SMARTS) is 1. The van der Waals surface area contributed by atoms with Crippen LogP contribution in [-0.4, -0.2) is 65.5 Å². The molecule has 7 nitrogen and oxygen atoms in total. The number of rotatable bonds is 7. The Kier molecular flexibility index (Phi) is 9.28. The van der Waals surface area contributed by atoms with E-state index in [1.54, 1.807) is 13.8 Å². The van der Waals surface area contributed by atoms with Crippen LogP contribution in [0.1, 0.15) is 132 Å². The molecule has 0 unspecified atom stereocenters. The molecule has 6 fully saturated rings. The highest BCUT2D eigenvalue weighted by Gasteiger charge is 2.71. The maximum atomic E-state index is 14.1. The van der Waals surface area contributed by atoms with E-state index in [1.807, 2.05) is 0 Å². The summed E-state index contributed by atoms with van der Waals surface area (Å²) >= 11 is 0. The third-order valence-corrected chi connectivity index (χ3v) is 17.1. The summed E-state index contributed by atoms with van der Waals surface area (Å²) in [7, 11) is 2.08. The van der Waals surface area contributed by atoms with Gasteiger partial charge in [-0.15, -0.1) is 0 Å². The molecule has 280 valence electrons. The van der Waals surface area contributed by atoms with Crippen LogP contribution >= 0.6 is 0 Å². The summed E-state index contributed by atoms with van der Waals surface area (Å²) in [6.07, 6.45) is 11.6. The molecule has 1 heterocycles. The van der Waals surface area contributed by atoms with E-state index in [2.05, 4.69) is 71.5 Å². The largest absolute Gasteiger partial charge is 0.481 e. The molecule has 0 aromatic carbocycles. The van der Waals surface area contributed by atoms with Crippen LogP contribution in [0.3, 0.4) is 0 Å². The first-order valence-corrected chi connectivity index (χ1v) is 19.9. The minimum Gasteiger partial charge on any atom is -0.481 e. The number of piperazine rings is 1. The first-order valence-electron chi connectivity index (χ1n) is 19.9. The van der Waals surface area contributed by atoms with Gasteiger partial charge in [-0.25, -0.2) is 0 Å². The number of carboxylic acids is 1. The molecule has 10 atom stereocenters. The van der Waals surface area contributed by atoms with Crippen molar-refractivity contribution in [1.82, 2.24) is 9.80 Å². The number of allylic oxidation sites excluding steroid dienone is 1. The molecule has 0 spiro atoms. The number of carbonyl (C=O) groups is 3. The first-order chi connectivity index (χ1) is 23.1. The molecule has 0 bridgehead atoms. The average Bonchev–Trinajstić information content (AvgIpc) is 3.39. The van der Waals surface area contributed by atoms with E-state index in [1.165, 1.54) is 31.3 Å². The summed E-state index contributed by atoms with van der Waals surface area (Å²) in [5.41, 5.74) is 1.60. The lowest BCUT2D eigenvalue weighted by Gasteiger charge is -2.73. The van der Waals surface area contributed by atoms with Gasteiger partial charge < -0.3 is 19.6 Å². The number of esters is 1. The van der Waals surface area contributed by atoms with Crippen molar-refractivity contribution in [2.24, 2.45) is 62.1 Å². The molecule has 0 aromatic heterocycles. The van der Waals surface area contributed by atoms with Crippen LogP contribution in [0, 0.1) is 62.1 Å². The van der Waals surface area contributed by atoms with E-state index in [0.717, 1.165) is 57.3 Å². The first kappa shape index (κ1) is 37.4. The summed E-state index contributed by atoms with van der Waals surface area (Å²) in [4.78, 5) is 43.2. The Balaban J connectivity index is 1.25. The summed E-state index contributed by atoms with van der Waals surface area (Å²) < 4.78 is 6.18. The van der Waals surface area contributed by atoms with Crippen LogP contribution in [0.15, 0.2) is 24.4 Å². The van der Waals surface area contributed by atoms with Crippen molar-refractivity contribution < 1.29 is 24.2 Å². The number of hydrogen-bond donors (Lipinski definition) is 1. The molecule has 6 rings (SSSR count). The SMILES string of the molecule is C=C(C)[C@@H]1CC[C@]2(CC(=O)N3CCN(C)C(=C)C3)CC[C@]3(C)[C@H](CC[C@@H]4[C@@]5(C)CC[C@H](OC(=O)CC(C)(C)C(=O)O)C(C)(C)[C@@H]5CC[C@]43C)[C@@H]12. The van der Waals surface area contributed by atoms with Crippen molar-refractivity contribution in [1.29, 1.82) is 0 Å². The van der Waals surface area contributed by atoms with Gasteiger partial charge in [0.2, 0.25) is 5.91 Å². The number of ether oxygens (including phenoxy) is 1. The van der Waals surface area contributed by atoms with E-state index in [9.17, 15) is 19.5 Å². The van der Waals surface area contributed by atoms with Crippen molar-refractivity contribution in [2.75, 3.05) is 26.7 Å². The van der Waals surface area contributed by atoms with Gasteiger partial charge in [-0.05, 0) is 136 Å². The van der Waals surface area contributed by atoms with Crippen LogP contribution in [0.25, 0.3) is 0 Å². The zero-order valence-corrected chi connectivity index (χ0v) is 33.0. The highest BCUT2D eigenvalue weighted by molar-refractivity contribution is 5.81. The summed E-state index contributed by atoms with van der Waals surface area (Å²) in [5, 5.41) is 9.61. The predicted molar refractivity (Wildman–Crippen MR) is 198 cm³/mol. The van der Waals surface area contributed by atoms with Gasteiger partial charge in [-0.2, -0.15) is 0 Å². The predicted octanol–water partition coefficient (Wildman–Crippen LogP) is 8.73. The van der Waals surface area contributed by atoms with Gasteiger partial charge in [0, 0.05) is 37.7 Å². The van der Waals surface area contributed by atoms with E-state index in [-0.39, 0.29) is 39.6 Å². The second-order valence-electron chi connectivity index (χ2n) is 20.2. The molecule has 1 N–H and O–H groups in total. The van der Waals surface area contributed by atoms with Crippen LogP contribution in [0.4, 0.5) is 0 Å². The molecule has 5 saturated carbocycles. The number of carbonyl (C=O) groups excluding carboxylic acids is 2. The van der Waals surface area contributed by atoms with Crippen molar-refractivity contribution in [2.45, 2.75) is 139 Å². The quantitative estimate of drug-likeness (QED) is 0.212. The van der Waals surface area contributed by atoms with E-state index < -0.39 is 17.4 Å². The Hall–Kier alpha value is -2.31. The zero-order valence-electron chi connectivity index (χ0n) is 33.0. The highest BCUT2D eigenvalue weighted by Crippen LogP contribution is 2.78. The van der Waals surface area contributed by atoms with Crippen LogP contribution in [0.5, 0.6) is 0 Å². The van der Waals surface area contributed by atoms with E-state index >= 15 is 0 Å². The molecular weight excluding hydrogens is 624 g/mol. The Morgan fingerprint density at radius 1 is 0.900 bits per heavy atom. The van der Waals surface area contributed by atoms with Gasteiger partial charge in [0.1, 0.15) is 6.10 Å². The third-order valence-electron chi connectivity index (χ3n) is 17.1. The van der Waals surface area contributed by atoms with Crippen LogP contribution in [-0.2, 0) is 19.1 Å². The van der Waals surface area contributed by atoms with Crippen molar-refractivity contribution in [3.8, 4) is 0 Å². The maximum absolute atomic E-state index is 14.1. The van der Waals surface area contributed by atoms with Gasteiger partial charge in [0.15, 0.2) is 0 Å². The van der Waals surface area contributed by atoms with Crippen molar-refractivity contribution >= 4 is 17.8 Å². The fraction of sp³-hybridized carbons (Fsp3) is 0.837. The van der Waals surface area contributed by atoms with Crippen LogP contribution < -0.4 is 0 Å². The lowest BCUT2D eigenvalue weighted by molar-refractivity contribution is -0.250. The molecular formula is C43H68N2O5. The number of likely N-dealkylation sites (N-methyl/N-ethyl adjacent to an activating group) is 1. The zero-order chi connectivity index (χ0) is 36.8. The smallest absolute Gasteiger partial charge is 0.309 e. The molecule has 6 aliphatic rings. The molecule has 1 amide bonds. The van der Waals surface area contributed by atoms with Gasteiger partial charge in [0.05, 0.1) is 18.4 Å². The fourth-order valence-electron chi connectivity index (χ4n) is 13.9. The van der Waals surface area contributed by atoms with Crippen LogP contribution in [0.2, 0.25) is 0 Å². The van der Waals surface area contributed by atoms with Crippen molar-refractivity contribution in [3.05, 3.63) is 24.4 Å². The molecule has 1 saturated heterocycles. The third kappa shape index (κ3) is 5.60. The monoisotopic (exact) mass is 693 g/mol. The van der Waals surface area contributed by atoms with Crippen molar-refractivity contribution in [3.63, 3.8) is 0 Å². The molecule has 1 aliphatic heterocycles. The normalized spacial score (nSPS) is 42.5. The number of fused-ring (bicyclic) bond motifs is 7. The molecule has 0 aromatic rings. The summed E-state index contributed by atoms with van der Waals surface area (Å²) in [6.45, 7) is 29.0. The molecule has 50 heavy (non-hydrogen) atoms. The Labute approximate surface area is 303 Å². The van der Waals surface area contributed by atoms with Gasteiger partial charge >= 0.3 is 11.9 Å². The Bertz CT molecular complexity index is 1430. The van der Waals surface area contributed by atoms with Gasteiger partial charge in [0.25, 0.3) is 0 Å². The number of aliphatic carboxylic acids is 1. The number of hydrogen-bond acceptors (Lipinski definition) is 5. The number of amides is 1. The second kappa shape index (κ2) is 12.4. The Morgan fingerprint density at radius 2 is 1.60 bits per heavy atom. The fourth-order valence-corrected chi connectivity index (χ4v) is 13.9. The number of nitrogens with zero attached hydrogens (tertiary/aromatic N) is 2. The minimum atomic E-state index is -1.14. The molecule has 5 aliphatic carbocycles. The topological polar surface area (TPSA) is 87.2 Å². The lowest BCUT2D eigenvalue weighted by Crippen LogP contribution is -2.67. The molecule has 0 radical (unpaired) electrons. The maximum Gasteiger partial charge on any atom is 0.309 e. The Morgan fingerprint density at radius 3 is 2.24 bits per heavy atom. The van der Waals surface area contributed by atoms with E-state index in [4.69, 9.17) is 4.74 Å². The standard InChI is InChI=1S/C43H68N2O5/c1-27(2)29-14-19-43(24-34(46)45-23-22-44(11)28(3)26-45)21-20-41(9)30(36(29)43)12-13-32-40(8)17-16-33(50-35(47)25-38(4,5)37(48)49)39(6,7)31(40)15-18-42(32,41)10/h29-33,36H,1,3,12-26H2,2,4-11H3,(H,48,49)/t29-,30+,31-,32+,33-,36+,40-,41+,42+,43+/m0/s1. The lowest BCUT2D eigenvalue weighted by atomic mass is 9.32. The van der Waals surface area contributed by atoms with E-state index in [0.29, 0.717) is 48.5 Å². The second-order valence-corrected chi connectivity index (χ2v) is 20.2. The minimum absolute atomic E-state index is 0.0546. The van der Waals surface area contributed by atoms with Gasteiger partial charge in [-0.3, -0.25) is 14.4 Å². The highest BCUT2D eigenvalue weighted by atomic mass is 16.5. The molecule has 7 heteroatoms. The summed E-state index contributed by atoms with van der Waals surface area (Å²) in [6, 6.07) is 0. The average molecular weight is 693 g/mol.